The van der Waals surface area contributed by atoms with E-state index in [-0.39, 0.29) is 6.61 Å². The minimum absolute atomic E-state index is 0.129. The van der Waals surface area contributed by atoms with Crippen LogP contribution in [0.3, 0.4) is 0 Å². The van der Waals surface area contributed by atoms with Gasteiger partial charge in [-0.05, 0) is 12.8 Å². The highest BCUT2D eigenvalue weighted by atomic mass is 16.2. The van der Waals surface area contributed by atoms with Gasteiger partial charge in [-0.3, -0.25) is 0 Å². The van der Waals surface area contributed by atoms with E-state index < -0.39 is 0 Å². The Labute approximate surface area is 56.7 Å². The van der Waals surface area contributed by atoms with Crippen LogP contribution >= 0.6 is 0 Å². The zero-order chi connectivity index (χ0) is 7.28. The van der Waals surface area contributed by atoms with Gasteiger partial charge in [0.05, 0.1) is 6.61 Å². The molecule has 0 saturated heterocycles. The molecule has 0 aliphatic heterocycles. The topological polar surface area (TPSA) is 20.2 Å². The van der Waals surface area contributed by atoms with E-state index in [9.17, 15) is 0 Å². The molecule has 0 spiro atoms. The molecule has 1 atom stereocenters. The standard InChI is InChI=1S/C8H14O/c1-4-7(2)8(3)5-6-9/h4-5,7,9H,1,6H2,2-3H3/b8-5+. The molecule has 0 radical (unpaired) electrons. The van der Waals surface area contributed by atoms with Gasteiger partial charge in [-0.25, -0.2) is 0 Å². The number of aliphatic hydroxyl groups excluding tert-OH is 1. The molecule has 1 N–H and O–H groups in total. The Morgan fingerprint density at radius 1 is 1.78 bits per heavy atom. The van der Waals surface area contributed by atoms with E-state index in [0.29, 0.717) is 5.92 Å². The molecule has 9 heavy (non-hydrogen) atoms. The van der Waals surface area contributed by atoms with Crippen LogP contribution < -0.4 is 0 Å². The average molecular weight is 126 g/mol. The van der Waals surface area contributed by atoms with E-state index in [1.54, 1.807) is 6.08 Å². The highest BCUT2D eigenvalue weighted by Crippen LogP contribution is 2.08. The van der Waals surface area contributed by atoms with E-state index in [4.69, 9.17) is 5.11 Å². The van der Waals surface area contributed by atoms with Gasteiger partial charge in [-0.15, -0.1) is 6.58 Å². The number of rotatable bonds is 3. The van der Waals surface area contributed by atoms with Crippen molar-refractivity contribution in [1.29, 1.82) is 0 Å². The molecule has 0 amide bonds. The van der Waals surface area contributed by atoms with Crippen LogP contribution in [-0.2, 0) is 0 Å². The molecule has 1 unspecified atom stereocenters. The van der Waals surface area contributed by atoms with E-state index in [1.807, 2.05) is 13.0 Å². The minimum Gasteiger partial charge on any atom is -0.392 e. The zero-order valence-corrected chi connectivity index (χ0v) is 6.09. The lowest BCUT2D eigenvalue weighted by atomic mass is 10.0. The first-order valence-corrected chi connectivity index (χ1v) is 3.12. The molecule has 0 aliphatic carbocycles. The third kappa shape index (κ3) is 3.09. The maximum Gasteiger partial charge on any atom is 0.0615 e. The summed E-state index contributed by atoms with van der Waals surface area (Å²) in [6.07, 6.45) is 3.66. The van der Waals surface area contributed by atoms with Gasteiger partial charge in [0.1, 0.15) is 0 Å². The van der Waals surface area contributed by atoms with Gasteiger partial charge in [0.15, 0.2) is 0 Å². The first-order valence-electron chi connectivity index (χ1n) is 3.12. The van der Waals surface area contributed by atoms with Crippen LogP contribution in [0.4, 0.5) is 0 Å². The summed E-state index contributed by atoms with van der Waals surface area (Å²) in [4.78, 5) is 0. The summed E-state index contributed by atoms with van der Waals surface area (Å²) in [5, 5.41) is 8.47. The Hall–Kier alpha value is -0.560. The quantitative estimate of drug-likeness (QED) is 0.571. The fourth-order valence-corrected chi connectivity index (χ4v) is 0.516. The number of aliphatic hydroxyl groups is 1. The predicted molar refractivity (Wildman–Crippen MR) is 40.2 cm³/mol. The van der Waals surface area contributed by atoms with Crippen molar-refractivity contribution in [2.24, 2.45) is 5.92 Å². The summed E-state index contributed by atoms with van der Waals surface area (Å²) in [6.45, 7) is 7.81. The van der Waals surface area contributed by atoms with Crippen LogP contribution in [0.5, 0.6) is 0 Å². The van der Waals surface area contributed by atoms with Gasteiger partial charge in [0.25, 0.3) is 0 Å². The van der Waals surface area contributed by atoms with Gasteiger partial charge < -0.3 is 5.11 Å². The summed E-state index contributed by atoms with van der Waals surface area (Å²) in [7, 11) is 0. The Bertz CT molecular complexity index is 114. The van der Waals surface area contributed by atoms with Gasteiger partial charge in [0, 0.05) is 0 Å². The van der Waals surface area contributed by atoms with Crippen LogP contribution in [0.2, 0.25) is 0 Å². The number of hydrogen-bond acceptors (Lipinski definition) is 1. The third-order valence-electron chi connectivity index (χ3n) is 1.49. The monoisotopic (exact) mass is 126 g/mol. The Morgan fingerprint density at radius 2 is 2.33 bits per heavy atom. The molecule has 0 bridgehead atoms. The van der Waals surface area contributed by atoms with Crippen LogP contribution in [-0.4, -0.2) is 11.7 Å². The van der Waals surface area contributed by atoms with Crippen molar-refractivity contribution in [2.45, 2.75) is 13.8 Å². The number of allylic oxidation sites excluding steroid dienone is 2. The molecule has 0 fully saturated rings. The highest BCUT2D eigenvalue weighted by molar-refractivity contribution is 5.07. The van der Waals surface area contributed by atoms with Gasteiger partial charge in [-0.2, -0.15) is 0 Å². The molecule has 0 aliphatic rings. The summed E-state index contributed by atoms with van der Waals surface area (Å²) >= 11 is 0. The fourth-order valence-electron chi connectivity index (χ4n) is 0.516. The maximum absolute atomic E-state index is 8.47. The fraction of sp³-hybridized carbons (Fsp3) is 0.500. The van der Waals surface area contributed by atoms with Gasteiger partial charge in [0.2, 0.25) is 0 Å². The lowest BCUT2D eigenvalue weighted by Gasteiger charge is -2.03. The predicted octanol–water partition coefficient (Wildman–Crippen LogP) is 1.75. The molecule has 1 nitrogen and oxygen atoms in total. The van der Waals surface area contributed by atoms with Crippen molar-refractivity contribution in [3.05, 3.63) is 24.3 Å². The highest BCUT2D eigenvalue weighted by Gasteiger charge is 1.95. The van der Waals surface area contributed by atoms with Crippen molar-refractivity contribution in [1.82, 2.24) is 0 Å². The van der Waals surface area contributed by atoms with Gasteiger partial charge in [-0.1, -0.05) is 24.6 Å². The van der Waals surface area contributed by atoms with E-state index in [2.05, 4.69) is 13.5 Å². The second-order valence-electron chi connectivity index (χ2n) is 2.16. The van der Waals surface area contributed by atoms with Crippen molar-refractivity contribution in [2.75, 3.05) is 6.61 Å². The normalized spacial score (nSPS) is 15.2. The maximum atomic E-state index is 8.47. The number of hydrogen-bond donors (Lipinski definition) is 1. The summed E-state index contributed by atoms with van der Waals surface area (Å²) in [5.74, 6) is 0.386. The second-order valence-corrected chi connectivity index (χ2v) is 2.16. The molecule has 0 aromatic carbocycles. The van der Waals surface area contributed by atoms with Crippen LogP contribution in [0.1, 0.15) is 13.8 Å². The van der Waals surface area contributed by atoms with Crippen LogP contribution in [0, 0.1) is 5.92 Å². The van der Waals surface area contributed by atoms with Gasteiger partial charge >= 0.3 is 0 Å². The molecule has 0 heterocycles. The van der Waals surface area contributed by atoms with Crippen LogP contribution in [0.15, 0.2) is 24.3 Å². The Balaban J connectivity index is 3.84. The molecule has 0 aromatic heterocycles. The summed E-state index contributed by atoms with van der Waals surface area (Å²) in [5.41, 5.74) is 1.17. The first-order chi connectivity index (χ1) is 4.22. The molecule has 0 saturated carbocycles. The lowest BCUT2D eigenvalue weighted by Crippen LogP contribution is -1.91. The second kappa shape index (κ2) is 4.33. The molecule has 52 valence electrons. The molecule has 0 rings (SSSR count). The summed E-state index contributed by atoms with van der Waals surface area (Å²) in [6, 6.07) is 0. The SMILES string of the molecule is C=CC(C)/C(C)=C/CO. The zero-order valence-electron chi connectivity index (χ0n) is 6.09. The first kappa shape index (κ1) is 8.44. The smallest absolute Gasteiger partial charge is 0.0615 e. The third-order valence-corrected chi connectivity index (χ3v) is 1.49. The van der Waals surface area contributed by atoms with Crippen molar-refractivity contribution in [3.8, 4) is 0 Å². The van der Waals surface area contributed by atoms with E-state index in [0.717, 1.165) is 0 Å². The molecule has 0 aromatic rings. The van der Waals surface area contributed by atoms with Crippen molar-refractivity contribution in [3.63, 3.8) is 0 Å². The molecular weight excluding hydrogens is 112 g/mol. The minimum atomic E-state index is 0.129. The van der Waals surface area contributed by atoms with E-state index in [1.165, 1.54) is 5.57 Å². The Kier molecular flexibility index (Phi) is 4.06. The Morgan fingerprint density at radius 3 is 2.67 bits per heavy atom. The lowest BCUT2D eigenvalue weighted by molar-refractivity contribution is 0.341. The van der Waals surface area contributed by atoms with Crippen molar-refractivity contribution >= 4 is 0 Å². The summed E-state index contributed by atoms with van der Waals surface area (Å²) < 4.78 is 0. The average Bonchev–Trinajstić information content (AvgIpc) is 1.87. The molecule has 1 heteroatoms. The van der Waals surface area contributed by atoms with E-state index >= 15 is 0 Å². The largest absolute Gasteiger partial charge is 0.392 e. The van der Waals surface area contributed by atoms with Crippen LogP contribution in [0.25, 0.3) is 0 Å². The van der Waals surface area contributed by atoms with Crippen molar-refractivity contribution < 1.29 is 5.11 Å². The molecular formula is C8H14O.